The SMILES string of the molecule is Cc1ccc(C2(CNC(=O)c3cccc4nc(CC(=O)N[C@@H]5CCNC5)cn34)CCCCC2)cn1. The third-order valence-corrected chi connectivity index (χ3v) is 7.46. The molecule has 8 heteroatoms. The Labute approximate surface area is 205 Å². The normalized spacial score (nSPS) is 19.5. The lowest BCUT2D eigenvalue weighted by atomic mass is 9.69. The molecule has 2 fully saturated rings. The van der Waals surface area contributed by atoms with E-state index in [1.54, 1.807) is 16.7 Å². The molecule has 3 aromatic rings. The number of carbonyl (C=O) groups is 2. The topological polar surface area (TPSA) is 100 Å². The van der Waals surface area contributed by atoms with Crippen LogP contribution in [0.2, 0.25) is 0 Å². The van der Waals surface area contributed by atoms with Crippen molar-refractivity contribution in [2.45, 2.75) is 63.3 Å². The molecule has 4 heterocycles. The van der Waals surface area contributed by atoms with E-state index in [1.807, 2.05) is 25.3 Å². The molecule has 35 heavy (non-hydrogen) atoms. The van der Waals surface area contributed by atoms with Crippen molar-refractivity contribution in [1.29, 1.82) is 0 Å². The predicted octanol–water partition coefficient (Wildman–Crippen LogP) is 2.69. The summed E-state index contributed by atoms with van der Waals surface area (Å²) in [5, 5.41) is 9.52. The van der Waals surface area contributed by atoms with Crippen LogP contribution in [-0.2, 0) is 16.6 Å². The first kappa shape index (κ1) is 23.5. The standard InChI is InChI=1S/C27H34N6O2/c1-19-8-9-20(15-29-19)27(11-3-2-4-12-27)18-30-26(35)23-6-5-7-24-31-22(17-33(23)24)14-25(34)32-21-10-13-28-16-21/h5-9,15,17,21,28H,2-4,10-14,16,18H2,1H3,(H,30,35)(H,32,34)/t21-/m1/s1. The minimum absolute atomic E-state index is 0.0425. The van der Waals surface area contributed by atoms with Crippen molar-refractivity contribution in [3.63, 3.8) is 0 Å². The number of carbonyl (C=O) groups excluding carboxylic acids is 2. The average molecular weight is 475 g/mol. The van der Waals surface area contributed by atoms with E-state index in [0.29, 0.717) is 23.6 Å². The molecule has 2 aliphatic rings. The van der Waals surface area contributed by atoms with Crippen molar-refractivity contribution in [2.24, 2.45) is 0 Å². The lowest BCUT2D eigenvalue weighted by Crippen LogP contribution is -2.42. The highest BCUT2D eigenvalue weighted by Crippen LogP contribution is 2.38. The van der Waals surface area contributed by atoms with Gasteiger partial charge in [-0.15, -0.1) is 0 Å². The number of rotatable bonds is 7. The molecule has 184 valence electrons. The molecule has 1 saturated heterocycles. The van der Waals surface area contributed by atoms with Gasteiger partial charge < -0.3 is 16.0 Å². The maximum Gasteiger partial charge on any atom is 0.268 e. The molecule has 0 unspecified atom stereocenters. The molecule has 8 nitrogen and oxygen atoms in total. The van der Waals surface area contributed by atoms with Crippen molar-refractivity contribution in [1.82, 2.24) is 30.3 Å². The first-order valence-electron chi connectivity index (χ1n) is 12.7. The van der Waals surface area contributed by atoms with Crippen molar-refractivity contribution in [2.75, 3.05) is 19.6 Å². The van der Waals surface area contributed by atoms with Crippen molar-refractivity contribution < 1.29 is 9.59 Å². The molecule has 3 aromatic heterocycles. The Hall–Kier alpha value is -3.26. The maximum atomic E-state index is 13.3. The van der Waals surface area contributed by atoms with Gasteiger partial charge in [-0.1, -0.05) is 31.4 Å². The van der Waals surface area contributed by atoms with Crippen LogP contribution in [0, 0.1) is 6.92 Å². The van der Waals surface area contributed by atoms with Crippen LogP contribution in [0.15, 0.2) is 42.7 Å². The number of hydrogen-bond donors (Lipinski definition) is 3. The number of hydrogen-bond acceptors (Lipinski definition) is 5. The van der Waals surface area contributed by atoms with Crippen LogP contribution in [0.3, 0.4) is 0 Å². The van der Waals surface area contributed by atoms with E-state index in [4.69, 9.17) is 0 Å². The Morgan fingerprint density at radius 2 is 2.03 bits per heavy atom. The van der Waals surface area contributed by atoms with E-state index in [2.05, 4.69) is 38.1 Å². The van der Waals surface area contributed by atoms with Crippen molar-refractivity contribution in [3.05, 3.63) is 65.4 Å². The predicted molar refractivity (Wildman–Crippen MR) is 134 cm³/mol. The van der Waals surface area contributed by atoms with Gasteiger partial charge in [0.2, 0.25) is 5.91 Å². The van der Waals surface area contributed by atoms with Crippen LogP contribution in [0.5, 0.6) is 0 Å². The van der Waals surface area contributed by atoms with Gasteiger partial charge in [-0.25, -0.2) is 4.98 Å². The fraction of sp³-hybridized carbons (Fsp3) is 0.481. The van der Waals surface area contributed by atoms with E-state index in [0.717, 1.165) is 50.9 Å². The highest BCUT2D eigenvalue weighted by atomic mass is 16.2. The van der Waals surface area contributed by atoms with Crippen LogP contribution in [0.4, 0.5) is 0 Å². The van der Waals surface area contributed by atoms with Crippen LogP contribution in [0.25, 0.3) is 5.65 Å². The summed E-state index contributed by atoms with van der Waals surface area (Å²) >= 11 is 0. The third kappa shape index (κ3) is 5.22. The molecule has 1 aliphatic carbocycles. The lowest BCUT2D eigenvalue weighted by Gasteiger charge is -2.38. The van der Waals surface area contributed by atoms with Gasteiger partial charge in [0.25, 0.3) is 5.91 Å². The van der Waals surface area contributed by atoms with Gasteiger partial charge in [-0.2, -0.15) is 0 Å². The molecule has 0 radical (unpaired) electrons. The van der Waals surface area contributed by atoms with Gasteiger partial charge in [-0.05, 0) is 56.5 Å². The summed E-state index contributed by atoms with van der Waals surface area (Å²) in [4.78, 5) is 34.9. The quantitative estimate of drug-likeness (QED) is 0.489. The highest BCUT2D eigenvalue weighted by molar-refractivity contribution is 5.93. The van der Waals surface area contributed by atoms with Gasteiger partial charge >= 0.3 is 0 Å². The largest absolute Gasteiger partial charge is 0.352 e. The second-order valence-electron chi connectivity index (χ2n) is 10.0. The molecule has 0 aromatic carbocycles. The number of aromatic nitrogens is 3. The molecule has 1 aliphatic heterocycles. The lowest BCUT2D eigenvalue weighted by molar-refractivity contribution is -0.121. The fourth-order valence-electron chi connectivity index (χ4n) is 5.47. The maximum absolute atomic E-state index is 13.3. The Balaban J connectivity index is 1.30. The summed E-state index contributed by atoms with van der Waals surface area (Å²) in [6.45, 7) is 4.31. The average Bonchev–Trinajstić information content (AvgIpc) is 3.52. The van der Waals surface area contributed by atoms with E-state index in [9.17, 15) is 9.59 Å². The zero-order chi connectivity index (χ0) is 24.3. The van der Waals surface area contributed by atoms with E-state index < -0.39 is 0 Å². The molecule has 1 atom stereocenters. The summed E-state index contributed by atoms with van der Waals surface area (Å²) in [5.41, 5.74) is 3.96. The number of fused-ring (bicyclic) bond motifs is 1. The van der Waals surface area contributed by atoms with Crippen LogP contribution < -0.4 is 16.0 Å². The highest BCUT2D eigenvalue weighted by Gasteiger charge is 2.34. The molecular formula is C27H34N6O2. The Kier molecular flexibility index (Phi) is 6.81. The van der Waals surface area contributed by atoms with Gasteiger partial charge in [0.1, 0.15) is 11.3 Å². The van der Waals surface area contributed by atoms with E-state index in [-0.39, 0.29) is 29.7 Å². The smallest absolute Gasteiger partial charge is 0.268 e. The van der Waals surface area contributed by atoms with Gasteiger partial charge in [0.05, 0.1) is 12.1 Å². The van der Waals surface area contributed by atoms with Gasteiger partial charge in [0.15, 0.2) is 0 Å². The van der Waals surface area contributed by atoms with Crippen LogP contribution in [-0.4, -0.2) is 51.9 Å². The third-order valence-electron chi connectivity index (χ3n) is 7.46. The molecule has 5 rings (SSSR count). The second-order valence-corrected chi connectivity index (χ2v) is 10.0. The summed E-state index contributed by atoms with van der Waals surface area (Å²) in [7, 11) is 0. The number of aryl methyl sites for hydroxylation is 1. The molecule has 1 saturated carbocycles. The molecule has 3 N–H and O–H groups in total. The number of amides is 2. The molecule has 2 amide bonds. The van der Waals surface area contributed by atoms with Gasteiger partial charge in [-0.3, -0.25) is 19.0 Å². The minimum Gasteiger partial charge on any atom is -0.352 e. The first-order valence-corrected chi connectivity index (χ1v) is 12.7. The summed E-state index contributed by atoms with van der Waals surface area (Å²) < 4.78 is 1.79. The van der Waals surface area contributed by atoms with Crippen LogP contribution in [0.1, 0.15) is 66.0 Å². The molecule has 0 spiro atoms. The second kappa shape index (κ2) is 10.2. The van der Waals surface area contributed by atoms with Crippen LogP contribution >= 0.6 is 0 Å². The fourth-order valence-corrected chi connectivity index (χ4v) is 5.47. The Bertz CT molecular complexity index is 1190. The van der Waals surface area contributed by atoms with Crippen molar-refractivity contribution in [3.8, 4) is 0 Å². The summed E-state index contributed by atoms with van der Waals surface area (Å²) in [6.07, 6.45) is 10.6. The minimum atomic E-state index is -0.133. The van der Waals surface area contributed by atoms with Gasteiger partial charge in [0, 0.05) is 42.6 Å². The number of imidazole rings is 1. The van der Waals surface area contributed by atoms with Crippen molar-refractivity contribution >= 4 is 17.5 Å². The zero-order valence-corrected chi connectivity index (χ0v) is 20.3. The monoisotopic (exact) mass is 474 g/mol. The summed E-state index contributed by atoms with van der Waals surface area (Å²) in [5.74, 6) is -0.176. The van der Waals surface area contributed by atoms with E-state index in [1.165, 1.54) is 12.0 Å². The number of nitrogens with zero attached hydrogens (tertiary/aromatic N) is 3. The van der Waals surface area contributed by atoms with E-state index >= 15 is 0 Å². The Morgan fingerprint density at radius 1 is 1.17 bits per heavy atom. The molecular weight excluding hydrogens is 440 g/mol. The molecule has 0 bridgehead atoms. The number of nitrogens with one attached hydrogen (secondary N) is 3. The zero-order valence-electron chi connectivity index (χ0n) is 20.3. The number of pyridine rings is 2. The Morgan fingerprint density at radius 3 is 2.77 bits per heavy atom. The summed E-state index contributed by atoms with van der Waals surface area (Å²) in [6, 6.07) is 9.90. The first-order chi connectivity index (χ1) is 17.0.